The van der Waals surface area contributed by atoms with Crippen molar-refractivity contribution < 1.29 is 49.3 Å². The third-order valence-corrected chi connectivity index (χ3v) is 14.2. The molecule has 1 heterocycles. The highest BCUT2D eigenvalue weighted by molar-refractivity contribution is 5.80. The van der Waals surface area contributed by atoms with Gasteiger partial charge in [0.1, 0.15) is 24.4 Å². The maximum absolute atomic E-state index is 13.4. The summed E-state index contributed by atoms with van der Waals surface area (Å²) in [5, 5.41) is 57.0. The van der Waals surface area contributed by atoms with E-state index in [9.17, 15) is 35.1 Å². The van der Waals surface area contributed by atoms with E-state index in [1.807, 2.05) is 6.08 Å². The Bertz CT molecular complexity index is 1700. The Morgan fingerprint density at radius 2 is 0.911 bits per heavy atom. The van der Waals surface area contributed by atoms with Gasteiger partial charge in [0, 0.05) is 6.42 Å². The molecule has 11 nitrogen and oxygen atoms in total. The van der Waals surface area contributed by atoms with E-state index in [0.29, 0.717) is 12.8 Å². The van der Waals surface area contributed by atoms with Crippen molar-refractivity contribution in [3.05, 3.63) is 109 Å². The molecular weight excluding hydrogens is 991 g/mol. The molecule has 452 valence electrons. The van der Waals surface area contributed by atoms with Crippen LogP contribution in [-0.2, 0) is 23.8 Å². The van der Waals surface area contributed by atoms with E-state index in [2.05, 4.69) is 123 Å². The number of carbonyl (C=O) groups excluding carboxylic acids is 2. The number of carbonyl (C=O) groups is 2. The molecule has 1 rings (SSSR count). The zero-order valence-electron chi connectivity index (χ0n) is 50.0. The molecule has 0 aromatic heterocycles. The van der Waals surface area contributed by atoms with Gasteiger partial charge in [-0.15, -0.1) is 0 Å². The van der Waals surface area contributed by atoms with E-state index in [1.54, 1.807) is 6.08 Å². The summed E-state index contributed by atoms with van der Waals surface area (Å²) < 4.78 is 17.6. The molecule has 1 amide bonds. The summed E-state index contributed by atoms with van der Waals surface area (Å²) in [4.78, 5) is 26.6. The van der Waals surface area contributed by atoms with E-state index in [4.69, 9.17) is 14.2 Å². The standard InChI is InChI=1S/C68H115NO10/c1-4-7-10-13-16-19-22-25-27-29-30-31-32-33-35-38-41-44-47-50-53-56-63(73)79-66-65(75)64(74)62(57-70)78-68(66)77-58-59(60(71)54-51-48-45-42-39-36-24-21-18-15-12-9-6-3)69-67(76)61(72)55-52-49-46-43-40-37-34-28-26-23-20-17-14-11-8-5-2/h7,10,16-17,19-20,25-28,30-31,33,35,37,40,51,54,59-62,64-66,68,70-72,74-75H,4-6,8-9,11-15,18,21-24,29,32,34,36,38-39,41-50,52-53,55-58H2,1-3H3,(H,69,76)/b10-7-,19-16-,20-17-,27-25-,28-26-,31-30-,35-33-,40-37-,54-51+. The molecule has 0 aromatic carbocycles. The minimum absolute atomic E-state index is 0.0926. The highest BCUT2D eigenvalue weighted by Gasteiger charge is 2.47. The number of hydrogen-bond acceptors (Lipinski definition) is 10. The quantitative estimate of drug-likeness (QED) is 0.0195. The smallest absolute Gasteiger partial charge is 0.306 e. The minimum atomic E-state index is -1.63. The summed E-state index contributed by atoms with van der Waals surface area (Å²) >= 11 is 0. The van der Waals surface area contributed by atoms with Crippen LogP contribution in [0.4, 0.5) is 0 Å². The molecule has 0 saturated carbocycles. The minimum Gasteiger partial charge on any atom is -0.454 e. The molecule has 8 unspecified atom stereocenters. The first-order chi connectivity index (χ1) is 38.7. The van der Waals surface area contributed by atoms with Crippen LogP contribution in [0.15, 0.2) is 109 Å². The van der Waals surface area contributed by atoms with Crippen molar-refractivity contribution in [3.8, 4) is 0 Å². The van der Waals surface area contributed by atoms with Gasteiger partial charge in [0.2, 0.25) is 5.91 Å². The first kappa shape index (κ1) is 73.3. The number of ether oxygens (including phenoxy) is 3. The molecule has 1 aliphatic rings. The predicted octanol–water partition coefficient (Wildman–Crippen LogP) is 15.3. The SMILES string of the molecule is CC/C=C\C/C=C\C/C=C\C/C=C\C/C=C\CCCCCCCC(=O)OC1C(OCC(NC(=O)C(O)CCCCC/C=C\C/C=C\C/C=C\CCCCC)C(O)/C=C/CCCCCCCCCCCCC)OC(CO)C(O)C1O. The zero-order chi connectivity index (χ0) is 57.5. The number of amides is 1. The van der Waals surface area contributed by atoms with Gasteiger partial charge in [-0.3, -0.25) is 9.59 Å². The number of allylic oxidation sites excluding steroid dienone is 17. The highest BCUT2D eigenvalue weighted by atomic mass is 16.7. The van der Waals surface area contributed by atoms with E-state index >= 15 is 0 Å². The van der Waals surface area contributed by atoms with Gasteiger partial charge in [-0.05, 0) is 109 Å². The molecule has 11 heteroatoms. The Morgan fingerprint density at radius 1 is 0.506 bits per heavy atom. The van der Waals surface area contributed by atoms with Crippen molar-refractivity contribution in [1.29, 1.82) is 0 Å². The van der Waals surface area contributed by atoms with Gasteiger partial charge < -0.3 is 45.1 Å². The molecule has 1 saturated heterocycles. The second-order valence-electron chi connectivity index (χ2n) is 21.4. The van der Waals surface area contributed by atoms with Crippen LogP contribution < -0.4 is 5.32 Å². The molecule has 0 spiro atoms. The van der Waals surface area contributed by atoms with Crippen molar-refractivity contribution in [1.82, 2.24) is 5.32 Å². The number of unbranched alkanes of at least 4 members (excludes halogenated alkanes) is 22. The van der Waals surface area contributed by atoms with E-state index in [0.717, 1.165) is 128 Å². The molecule has 0 radical (unpaired) electrons. The molecule has 0 aromatic rings. The average molecular weight is 1110 g/mol. The Balaban J connectivity index is 2.71. The van der Waals surface area contributed by atoms with Gasteiger partial charge in [-0.25, -0.2) is 0 Å². The van der Waals surface area contributed by atoms with Crippen molar-refractivity contribution >= 4 is 11.9 Å². The van der Waals surface area contributed by atoms with Crippen LogP contribution in [0.25, 0.3) is 0 Å². The van der Waals surface area contributed by atoms with Crippen LogP contribution in [0.1, 0.15) is 245 Å². The lowest BCUT2D eigenvalue weighted by Crippen LogP contribution is -2.61. The fourth-order valence-corrected chi connectivity index (χ4v) is 9.15. The monoisotopic (exact) mass is 1110 g/mol. The van der Waals surface area contributed by atoms with Gasteiger partial charge >= 0.3 is 5.97 Å². The fraction of sp³-hybridized carbons (Fsp3) is 0.706. The van der Waals surface area contributed by atoms with Crippen LogP contribution in [-0.4, -0.2) is 99.6 Å². The summed E-state index contributed by atoms with van der Waals surface area (Å²) in [7, 11) is 0. The summed E-state index contributed by atoms with van der Waals surface area (Å²) in [5.41, 5.74) is 0. The lowest BCUT2D eigenvalue weighted by atomic mass is 9.99. The molecule has 1 aliphatic heterocycles. The first-order valence-electron chi connectivity index (χ1n) is 31.7. The molecule has 0 aliphatic carbocycles. The molecular formula is C68H115NO10. The van der Waals surface area contributed by atoms with E-state index in [-0.39, 0.29) is 19.4 Å². The second-order valence-corrected chi connectivity index (χ2v) is 21.4. The highest BCUT2D eigenvalue weighted by Crippen LogP contribution is 2.26. The van der Waals surface area contributed by atoms with Gasteiger partial charge in [0.15, 0.2) is 12.4 Å². The fourth-order valence-electron chi connectivity index (χ4n) is 9.15. The summed E-state index contributed by atoms with van der Waals surface area (Å²) in [6.07, 6.45) is 64.0. The normalized spacial score (nSPS) is 19.6. The van der Waals surface area contributed by atoms with E-state index in [1.165, 1.54) is 70.6 Å². The average Bonchev–Trinajstić information content (AvgIpc) is 3.49. The number of aliphatic hydroxyl groups is 5. The van der Waals surface area contributed by atoms with E-state index < -0.39 is 67.4 Å². The summed E-state index contributed by atoms with van der Waals surface area (Å²) in [5.74, 6) is -1.24. The summed E-state index contributed by atoms with van der Waals surface area (Å²) in [6, 6.07) is -1.05. The lowest BCUT2D eigenvalue weighted by Gasteiger charge is -2.41. The number of rotatable bonds is 52. The topological polar surface area (TPSA) is 175 Å². The number of aliphatic hydroxyl groups excluding tert-OH is 5. The van der Waals surface area contributed by atoms with Crippen LogP contribution in [0.2, 0.25) is 0 Å². The van der Waals surface area contributed by atoms with Crippen molar-refractivity contribution in [3.63, 3.8) is 0 Å². The number of nitrogens with one attached hydrogen (secondary N) is 1. The Hall–Kier alpha value is -3.68. The number of hydrogen-bond donors (Lipinski definition) is 6. The maximum atomic E-state index is 13.4. The Labute approximate surface area is 481 Å². The van der Waals surface area contributed by atoms with Crippen LogP contribution in [0, 0.1) is 0 Å². The molecule has 0 bridgehead atoms. The zero-order valence-corrected chi connectivity index (χ0v) is 50.0. The van der Waals surface area contributed by atoms with Gasteiger partial charge in [-0.2, -0.15) is 0 Å². The molecule has 6 N–H and O–H groups in total. The molecule has 1 fully saturated rings. The van der Waals surface area contributed by atoms with Crippen LogP contribution >= 0.6 is 0 Å². The third kappa shape index (κ3) is 42.8. The molecule has 8 atom stereocenters. The van der Waals surface area contributed by atoms with Crippen molar-refractivity contribution in [2.45, 2.75) is 294 Å². The predicted molar refractivity (Wildman–Crippen MR) is 328 cm³/mol. The van der Waals surface area contributed by atoms with Gasteiger partial charge in [0.05, 0.1) is 25.4 Å². The molecule has 79 heavy (non-hydrogen) atoms. The Morgan fingerprint density at radius 3 is 1.39 bits per heavy atom. The summed E-state index contributed by atoms with van der Waals surface area (Å²) in [6.45, 7) is 5.62. The Kier molecular flexibility index (Phi) is 50.9. The lowest BCUT2D eigenvalue weighted by molar-refractivity contribution is -0.305. The number of esters is 1. The van der Waals surface area contributed by atoms with Gasteiger partial charge in [0.25, 0.3) is 0 Å². The second kappa shape index (κ2) is 54.9. The van der Waals surface area contributed by atoms with Crippen molar-refractivity contribution in [2.24, 2.45) is 0 Å². The first-order valence-corrected chi connectivity index (χ1v) is 31.7. The van der Waals surface area contributed by atoms with Crippen LogP contribution in [0.5, 0.6) is 0 Å². The maximum Gasteiger partial charge on any atom is 0.306 e. The van der Waals surface area contributed by atoms with Crippen molar-refractivity contribution in [2.75, 3.05) is 13.2 Å². The largest absolute Gasteiger partial charge is 0.454 e. The van der Waals surface area contributed by atoms with Gasteiger partial charge in [-0.1, -0.05) is 239 Å². The third-order valence-electron chi connectivity index (χ3n) is 14.2. The van der Waals surface area contributed by atoms with Crippen LogP contribution in [0.3, 0.4) is 0 Å².